The molecule has 0 bridgehead atoms. The minimum Gasteiger partial charge on any atom is -0.396 e. The summed E-state index contributed by atoms with van der Waals surface area (Å²) >= 11 is 1.58. The minimum absolute atomic E-state index is 0.0879. The Kier molecular flexibility index (Phi) is 8.41. The van der Waals surface area contributed by atoms with E-state index >= 15 is 0 Å². The molecule has 36 heavy (non-hydrogen) atoms. The Morgan fingerprint density at radius 3 is 2.53 bits per heavy atom. The molecule has 0 aromatic carbocycles. The predicted octanol–water partition coefficient (Wildman–Crippen LogP) is 1.06. The molecule has 0 unspecified atom stereocenters. The number of urea groups is 1. The lowest BCUT2D eigenvalue weighted by Gasteiger charge is -2.45. The van der Waals surface area contributed by atoms with E-state index in [1.54, 1.807) is 16.2 Å². The first kappa shape index (κ1) is 26.7. The quantitative estimate of drug-likeness (QED) is 0.513. The first-order valence-corrected chi connectivity index (χ1v) is 13.9. The van der Waals surface area contributed by atoms with Crippen molar-refractivity contribution in [1.82, 2.24) is 24.9 Å². The fourth-order valence-corrected chi connectivity index (χ4v) is 6.88. The molecule has 2 saturated heterocycles. The Labute approximate surface area is 217 Å². The highest BCUT2D eigenvalue weighted by atomic mass is 32.1. The van der Waals surface area contributed by atoms with Crippen LogP contribution in [0.4, 0.5) is 15.5 Å². The molecular formula is C25H41N7O3S. The normalized spacial score (nSPS) is 24.6. The molecule has 4 amide bonds. The summed E-state index contributed by atoms with van der Waals surface area (Å²) in [6.07, 6.45) is 4.04. The zero-order valence-electron chi connectivity index (χ0n) is 21.8. The first-order chi connectivity index (χ1) is 17.2. The van der Waals surface area contributed by atoms with E-state index in [1.807, 2.05) is 14.0 Å². The maximum atomic E-state index is 13.7. The molecule has 5 N–H and O–H groups in total. The number of likely N-dealkylation sites (tertiary alicyclic amines) is 1. The Bertz CT molecular complexity index is 975. The van der Waals surface area contributed by atoms with Crippen molar-refractivity contribution in [2.24, 2.45) is 11.8 Å². The van der Waals surface area contributed by atoms with Crippen LogP contribution < -0.4 is 16.8 Å². The van der Waals surface area contributed by atoms with Gasteiger partial charge in [0.05, 0.1) is 18.2 Å². The summed E-state index contributed by atoms with van der Waals surface area (Å²) in [6.45, 7) is 5.87. The van der Waals surface area contributed by atoms with Crippen LogP contribution in [-0.4, -0.2) is 103 Å². The summed E-state index contributed by atoms with van der Waals surface area (Å²) in [5.41, 5.74) is 14.2. The zero-order valence-corrected chi connectivity index (χ0v) is 22.6. The molecule has 3 heterocycles. The molecule has 1 aromatic heterocycles. The minimum atomic E-state index is -0.471. The third-order valence-electron chi connectivity index (χ3n) is 8.07. The smallest absolute Gasteiger partial charge is 0.324 e. The molecule has 10 nitrogen and oxygen atoms in total. The lowest BCUT2D eigenvalue weighted by molar-refractivity contribution is -0.136. The molecule has 3 aliphatic rings. The van der Waals surface area contributed by atoms with Gasteiger partial charge in [-0.15, -0.1) is 11.3 Å². The van der Waals surface area contributed by atoms with Crippen LogP contribution in [0.25, 0.3) is 0 Å². The van der Waals surface area contributed by atoms with E-state index in [-0.39, 0.29) is 30.2 Å². The summed E-state index contributed by atoms with van der Waals surface area (Å²) < 4.78 is 0. The van der Waals surface area contributed by atoms with E-state index in [9.17, 15) is 14.4 Å². The molecule has 2 fully saturated rings. The number of nitrogens with two attached hydrogens (primary N) is 2. The van der Waals surface area contributed by atoms with Crippen molar-refractivity contribution in [3.8, 4) is 0 Å². The van der Waals surface area contributed by atoms with E-state index in [0.717, 1.165) is 50.8 Å². The van der Waals surface area contributed by atoms with Gasteiger partial charge in [0.2, 0.25) is 11.8 Å². The Balaban J connectivity index is 1.39. The molecule has 0 spiro atoms. The van der Waals surface area contributed by atoms with E-state index in [2.05, 4.69) is 22.2 Å². The number of hydrogen-bond acceptors (Lipinski definition) is 8. The standard InChI is InChI=1S/C25H41N7O3S/c1-4-5-6-32(25(35)28-14-21(33)31-9-7-29(2)8-10-31)24(34)17-11-16-12-18-20(36-23(27)22(18)26)13-19(16)30(3)15-17/h16-17,19H,4-15,26-27H2,1-3H3,(H,28,35)/t16-,17-,19-/m1/s1. The Morgan fingerprint density at radius 1 is 1.11 bits per heavy atom. The van der Waals surface area contributed by atoms with Gasteiger partial charge >= 0.3 is 6.03 Å². The number of piperazine rings is 1. The van der Waals surface area contributed by atoms with Crippen molar-refractivity contribution < 1.29 is 14.4 Å². The van der Waals surface area contributed by atoms with Gasteiger partial charge in [-0.25, -0.2) is 4.79 Å². The fraction of sp³-hybridized carbons (Fsp3) is 0.720. The van der Waals surface area contributed by atoms with Gasteiger partial charge in [-0.3, -0.25) is 14.5 Å². The number of thiophene rings is 1. The largest absolute Gasteiger partial charge is 0.396 e. The lowest BCUT2D eigenvalue weighted by atomic mass is 9.74. The van der Waals surface area contributed by atoms with E-state index in [4.69, 9.17) is 11.5 Å². The summed E-state index contributed by atoms with van der Waals surface area (Å²) in [5, 5.41) is 3.41. The maximum absolute atomic E-state index is 13.7. The number of carbonyl (C=O) groups is 3. The summed E-state index contributed by atoms with van der Waals surface area (Å²) in [5.74, 6) is -0.241. The van der Waals surface area contributed by atoms with Gasteiger partial charge in [0.25, 0.3) is 0 Å². The number of piperidine rings is 1. The number of carbonyl (C=O) groups excluding carboxylic acids is 3. The second-order valence-corrected chi connectivity index (χ2v) is 11.7. The topological polar surface area (TPSA) is 128 Å². The lowest BCUT2D eigenvalue weighted by Crippen LogP contribution is -2.56. The average Bonchev–Trinajstić information content (AvgIpc) is 3.14. The van der Waals surface area contributed by atoms with E-state index < -0.39 is 6.03 Å². The van der Waals surface area contributed by atoms with Crippen LogP contribution in [0.3, 0.4) is 0 Å². The molecule has 0 saturated carbocycles. The van der Waals surface area contributed by atoms with Gasteiger partial charge in [-0.1, -0.05) is 13.3 Å². The van der Waals surface area contributed by atoms with Gasteiger partial charge < -0.3 is 31.5 Å². The highest BCUT2D eigenvalue weighted by Crippen LogP contribution is 2.44. The number of unbranched alkanes of at least 4 members (excludes halogenated alkanes) is 1. The van der Waals surface area contributed by atoms with Gasteiger partial charge in [0.1, 0.15) is 5.00 Å². The van der Waals surface area contributed by atoms with Crippen LogP contribution in [0.15, 0.2) is 0 Å². The molecule has 2 aliphatic heterocycles. The van der Waals surface area contributed by atoms with Crippen LogP contribution in [0.2, 0.25) is 0 Å². The highest BCUT2D eigenvalue weighted by molar-refractivity contribution is 7.16. The van der Waals surface area contributed by atoms with E-state index in [1.165, 1.54) is 9.78 Å². The fourth-order valence-electron chi connectivity index (χ4n) is 5.81. The van der Waals surface area contributed by atoms with Crippen LogP contribution in [0.1, 0.15) is 36.6 Å². The second kappa shape index (κ2) is 11.4. The van der Waals surface area contributed by atoms with Gasteiger partial charge in [-0.05, 0) is 51.3 Å². The summed E-state index contributed by atoms with van der Waals surface area (Å²) in [6, 6.07) is -0.125. The third kappa shape index (κ3) is 5.63. The molecule has 11 heteroatoms. The summed E-state index contributed by atoms with van der Waals surface area (Å²) in [4.78, 5) is 48.2. The Hall–Kier alpha value is -2.37. The van der Waals surface area contributed by atoms with Gasteiger partial charge in [0, 0.05) is 50.2 Å². The second-order valence-electron chi connectivity index (χ2n) is 10.6. The van der Waals surface area contributed by atoms with Crippen LogP contribution in [-0.2, 0) is 22.4 Å². The van der Waals surface area contributed by atoms with Crippen LogP contribution in [0.5, 0.6) is 0 Å². The number of nitrogens with zero attached hydrogens (tertiary/aromatic N) is 4. The molecule has 1 aromatic rings. The van der Waals surface area contributed by atoms with Crippen molar-refractivity contribution in [2.45, 2.75) is 45.1 Å². The molecule has 3 atom stereocenters. The number of imide groups is 1. The number of nitrogens with one attached hydrogen (secondary N) is 1. The maximum Gasteiger partial charge on any atom is 0.324 e. The molecule has 200 valence electrons. The van der Waals surface area contributed by atoms with Crippen molar-refractivity contribution in [3.05, 3.63) is 10.4 Å². The van der Waals surface area contributed by atoms with Crippen molar-refractivity contribution in [3.63, 3.8) is 0 Å². The number of anilines is 2. The first-order valence-electron chi connectivity index (χ1n) is 13.1. The van der Waals surface area contributed by atoms with Crippen molar-refractivity contribution >= 4 is 39.9 Å². The number of amides is 4. The number of nitrogen functional groups attached to an aromatic ring is 2. The number of fused-ring (bicyclic) bond motifs is 2. The average molecular weight is 520 g/mol. The number of hydrogen-bond donors (Lipinski definition) is 3. The van der Waals surface area contributed by atoms with Gasteiger partial charge in [0.15, 0.2) is 0 Å². The predicted molar refractivity (Wildman–Crippen MR) is 143 cm³/mol. The zero-order chi connectivity index (χ0) is 26.0. The Morgan fingerprint density at radius 2 is 1.83 bits per heavy atom. The summed E-state index contributed by atoms with van der Waals surface area (Å²) in [7, 11) is 4.09. The molecular weight excluding hydrogens is 478 g/mol. The molecule has 4 rings (SSSR count). The molecule has 0 radical (unpaired) electrons. The van der Waals surface area contributed by atoms with Crippen molar-refractivity contribution in [2.75, 3.05) is 71.4 Å². The van der Waals surface area contributed by atoms with E-state index in [0.29, 0.717) is 42.9 Å². The number of rotatable bonds is 6. The highest BCUT2D eigenvalue weighted by Gasteiger charge is 2.43. The van der Waals surface area contributed by atoms with Gasteiger partial charge in [-0.2, -0.15) is 0 Å². The third-order valence-corrected chi connectivity index (χ3v) is 9.17. The SMILES string of the molecule is CCCCN(C(=O)NCC(=O)N1CCN(C)CC1)C(=O)[C@@H]1C[C@@H]2Cc3c(sc(N)c3N)C[C@H]2N(C)C1. The monoisotopic (exact) mass is 519 g/mol. The molecule has 1 aliphatic carbocycles. The number of likely N-dealkylation sites (N-methyl/N-ethyl adjacent to an activating group) is 2. The van der Waals surface area contributed by atoms with Crippen molar-refractivity contribution in [1.29, 1.82) is 0 Å². The van der Waals surface area contributed by atoms with Crippen LogP contribution >= 0.6 is 11.3 Å². The van der Waals surface area contributed by atoms with Crippen LogP contribution in [0, 0.1) is 11.8 Å².